The van der Waals surface area contributed by atoms with Crippen molar-refractivity contribution < 1.29 is 9.47 Å². The lowest BCUT2D eigenvalue weighted by molar-refractivity contribution is -0.237. The second kappa shape index (κ2) is 3.74. The normalized spacial score (nSPS) is 45.6. The molecule has 1 aliphatic heterocycles. The molecule has 0 aromatic heterocycles. The highest BCUT2D eigenvalue weighted by Crippen LogP contribution is 2.50. The first-order valence-corrected chi connectivity index (χ1v) is 6.14. The molecule has 15 heavy (non-hydrogen) atoms. The van der Waals surface area contributed by atoms with Gasteiger partial charge in [-0.2, -0.15) is 0 Å². The molecule has 0 aromatic carbocycles. The zero-order valence-electron chi connectivity index (χ0n) is 10.5. The number of rotatable bonds is 0. The van der Waals surface area contributed by atoms with Crippen LogP contribution in [0.5, 0.6) is 0 Å². The van der Waals surface area contributed by atoms with Crippen molar-refractivity contribution in [3.8, 4) is 0 Å². The van der Waals surface area contributed by atoms with E-state index in [-0.39, 0.29) is 6.29 Å². The van der Waals surface area contributed by atoms with Gasteiger partial charge in [0.05, 0.1) is 13.2 Å². The van der Waals surface area contributed by atoms with Crippen LogP contribution in [0.25, 0.3) is 0 Å². The zero-order valence-corrected chi connectivity index (χ0v) is 10.5. The molecule has 1 heterocycles. The highest BCUT2D eigenvalue weighted by Gasteiger charge is 2.45. The lowest BCUT2D eigenvalue weighted by Crippen LogP contribution is -2.47. The van der Waals surface area contributed by atoms with Crippen LogP contribution in [0.1, 0.15) is 47.0 Å². The summed E-state index contributed by atoms with van der Waals surface area (Å²) in [6, 6.07) is 0. The third kappa shape index (κ3) is 2.54. The van der Waals surface area contributed by atoms with Gasteiger partial charge >= 0.3 is 0 Å². The average molecular weight is 212 g/mol. The predicted octanol–water partition coefficient (Wildman–Crippen LogP) is 3.21. The van der Waals surface area contributed by atoms with E-state index in [9.17, 15) is 0 Å². The summed E-state index contributed by atoms with van der Waals surface area (Å²) in [7, 11) is 0. The minimum Gasteiger partial charge on any atom is -0.352 e. The zero-order chi connectivity index (χ0) is 11.1. The SMILES string of the molecule is CC1CC(C)(C)CC2(COC(C)OC2)C1. The van der Waals surface area contributed by atoms with Crippen LogP contribution in [-0.4, -0.2) is 19.5 Å². The van der Waals surface area contributed by atoms with Gasteiger partial charge in [-0.3, -0.25) is 0 Å². The maximum absolute atomic E-state index is 5.69. The fraction of sp³-hybridized carbons (Fsp3) is 1.00. The van der Waals surface area contributed by atoms with Crippen molar-refractivity contribution in [1.82, 2.24) is 0 Å². The summed E-state index contributed by atoms with van der Waals surface area (Å²) in [5.41, 5.74) is 0.749. The molecule has 1 saturated carbocycles. The summed E-state index contributed by atoms with van der Waals surface area (Å²) in [6.07, 6.45) is 3.85. The Kier molecular flexibility index (Phi) is 2.85. The van der Waals surface area contributed by atoms with Crippen LogP contribution in [0.2, 0.25) is 0 Å². The van der Waals surface area contributed by atoms with Gasteiger partial charge in [0.2, 0.25) is 0 Å². The third-order valence-corrected chi connectivity index (χ3v) is 3.78. The predicted molar refractivity (Wildman–Crippen MR) is 60.6 cm³/mol. The van der Waals surface area contributed by atoms with Crippen molar-refractivity contribution >= 4 is 0 Å². The Morgan fingerprint density at radius 2 is 1.60 bits per heavy atom. The molecule has 1 aliphatic carbocycles. The maximum atomic E-state index is 5.69. The second-order valence-electron chi connectivity index (χ2n) is 6.54. The van der Waals surface area contributed by atoms with Gasteiger partial charge in [-0.25, -0.2) is 0 Å². The largest absolute Gasteiger partial charge is 0.352 e. The monoisotopic (exact) mass is 212 g/mol. The molecule has 0 amide bonds. The first-order valence-electron chi connectivity index (χ1n) is 6.14. The maximum Gasteiger partial charge on any atom is 0.154 e. The molecule has 2 aliphatic rings. The standard InChI is InChI=1S/C13H24O2/c1-10-5-12(3,4)7-13(6-10)8-14-11(2)15-9-13/h10-11H,5-9H2,1-4H3. The fourth-order valence-corrected chi connectivity index (χ4v) is 3.81. The molecule has 0 aromatic rings. The average Bonchev–Trinajstić information content (AvgIpc) is 2.07. The van der Waals surface area contributed by atoms with Crippen molar-refractivity contribution in [2.75, 3.05) is 13.2 Å². The molecule has 1 spiro atoms. The van der Waals surface area contributed by atoms with Gasteiger partial charge in [0.15, 0.2) is 6.29 Å². The van der Waals surface area contributed by atoms with E-state index in [0.29, 0.717) is 10.8 Å². The van der Waals surface area contributed by atoms with Gasteiger partial charge in [0.1, 0.15) is 0 Å². The minimum absolute atomic E-state index is 0.00373. The van der Waals surface area contributed by atoms with Crippen molar-refractivity contribution in [1.29, 1.82) is 0 Å². The fourth-order valence-electron chi connectivity index (χ4n) is 3.81. The summed E-state index contributed by atoms with van der Waals surface area (Å²) in [5.74, 6) is 0.800. The molecule has 2 fully saturated rings. The summed E-state index contributed by atoms with van der Waals surface area (Å²) < 4.78 is 11.4. The van der Waals surface area contributed by atoms with E-state index in [0.717, 1.165) is 19.1 Å². The van der Waals surface area contributed by atoms with E-state index in [2.05, 4.69) is 20.8 Å². The Morgan fingerprint density at radius 1 is 1.00 bits per heavy atom. The van der Waals surface area contributed by atoms with Crippen LogP contribution in [0, 0.1) is 16.7 Å². The minimum atomic E-state index is -0.00373. The van der Waals surface area contributed by atoms with E-state index in [4.69, 9.17) is 9.47 Å². The van der Waals surface area contributed by atoms with Crippen molar-refractivity contribution in [3.63, 3.8) is 0 Å². The van der Waals surface area contributed by atoms with Crippen LogP contribution in [-0.2, 0) is 9.47 Å². The molecule has 2 nitrogen and oxygen atoms in total. The first-order chi connectivity index (χ1) is 6.91. The highest BCUT2D eigenvalue weighted by molar-refractivity contribution is 4.93. The van der Waals surface area contributed by atoms with Gasteiger partial charge in [-0.05, 0) is 37.5 Å². The van der Waals surface area contributed by atoms with Gasteiger partial charge in [-0.1, -0.05) is 20.8 Å². The summed E-state index contributed by atoms with van der Waals surface area (Å²) >= 11 is 0. The van der Waals surface area contributed by atoms with E-state index < -0.39 is 0 Å². The van der Waals surface area contributed by atoms with Crippen molar-refractivity contribution in [2.24, 2.45) is 16.7 Å². The van der Waals surface area contributed by atoms with Crippen LogP contribution >= 0.6 is 0 Å². The number of hydrogen-bond donors (Lipinski definition) is 0. The van der Waals surface area contributed by atoms with Gasteiger partial charge in [0.25, 0.3) is 0 Å². The third-order valence-electron chi connectivity index (χ3n) is 3.78. The molecule has 2 rings (SSSR count). The van der Waals surface area contributed by atoms with Crippen LogP contribution in [0.15, 0.2) is 0 Å². The smallest absolute Gasteiger partial charge is 0.154 e. The second-order valence-corrected chi connectivity index (χ2v) is 6.54. The van der Waals surface area contributed by atoms with E-state index in [1.165, 1.54) is 19.3 Å². The molecule has 0 bridgehead atoms. The quantitative estimate of drug-likeness (QED) is 0.614. The Balaban J connectivity index is 2.07. The molecule has 88 valence electrons. The van der Waals surface area contributed by atoms with Crippen molar-refractivity contribution in [2.45, 2.75) is 53.2 Å². The van der Waals surface area contributed by atoms with Gasteiger partial charge in [0, 0.05) is 5.41 Å². The molecule has 1 saturated heterocycles. The van der Waals surface area contributed by atoms with Crippen LogP contribution < -0.4 is 0 Å². The summed E-state index contributed by atoms with van der Waals surface area (Å²) in [4.78, 5) is 0. The van der Waals surface area contributed by atoms with Crippen LogP contribution in [0.3, 0.4) is 0 Å². The summed E-state index contributed by atoms with van der Waals surface area (Å²) in [6.45, 7) is 10.9. The first kappa shape index (κ1) is 11.4. The van der Waals surface area contributed by atoms with Crippen LogP contribution in [0.4, 0.5) is 0 Å². The lowest BCUT2D eigenvalue weighted by Gasteiger charge is -2.49. The molecule has 1 unspecified atom stereocenters. The van der Waals surface area contributed by atoms with E-state index in [1.807, 2.05) is 6.92 Å². The van der Waals surface area contributed by atoms with Gasteiger partial charge < -0.3 is 9.47 Å². The molecule has 2 heteroatoms. The molecule has 0 radical (unpaired) electrons. The lowest BCUT2D eigenvalue weighted by atomic mass is 9.60. The van der Waals surface area contributed by atoms with E-state index >= 15 is 0 Å². The Morgan fingerprint density at radius 3 is 2.13 bits per heavy atom. The summed E-state index contributed by atoms with van der Waals surface area (Å²) in [5, 5.41) is 0. The Labute approximate surface area is 93.3 Å². The van der Waals surface area contributed by atoms with Gasteiger partial charge in [-0.15, -0.1) is 0 Å². The number of ether oxygens (including phenoxy) is 2. The number of hydrogen-bond acceptors (Lipinski definition) is 2. The molecular weight excluding hydrogens is 188 g/mol. The molecule has 1 atom stereocenters. The Hall–Kier alpha value is -0.0800. The Bertz CT molecular complexity index is 227. The highest BCUT2D eigenvalue weighted by atomic mass is 16.7. The van der Waals surface area contributed by atoms with E-state index in [1.54, 1.807) is 0 Å². The topological polar surface area (TPSA) is 18.5 Å². The molecular formula is C13H24O2. The van der Waals surface area contributed by atoms with Crippen molar-refractivity contribution in [3.05, 3.63) is 0 Å². The molecule has 0 N–H and O–H groups in total.